The summed E-state index contributed by atoms with van der Waals surface area (Å²) >= 11 is 5.84. The van der Waals surface area contributed by atoms with Crippen LogP contribution >= 0.6 is 11.6 Å². The Bertz CT molecular complexity index is 754. The second-order valence-electron chi connectivity index (χ2n) is 6.26. The molecule has 0 aliphatic carbocycles. The molecule has 1 aliphatic heterocycles. The van der Waals surface area contributed by atoms with E-state index in [1.165, 1.54) is 0 Å². The van der Waals surface area contributed by atoms with E-state index in [0.29, 0.717) is 21.9 Å². The Balaban J connectivity index is 1.51. The van der Waals surface area contributed by atoms with Crippen LogP contribution in [0.5, 0.6) is 5.75 Å². The van der Waals surface area contributed by atoms with Crippen LogP contribution in [0.25, 0.3) is 0 Å². The topological polar surface area (TPSA) is 67.4 Å². The number of halogens is 1. The zero-order valence-corrected chi connectivity index (χ0v) is 15.1. The van der Waals surface area contributed by atoms with Crippen molar-refractivity contribution in [2.45, 2.75) is 18.9 Å². The highest BCUT2D eigenvalue weighted by atomic mass is 35.5. The summed E-state index contributed by atoms with van der Waals surface area (Å²) in [4.78, 5) is 24.3. The first-order valence-corrected chi connectivity index (χ1v) is 9.03. The van der Waals surface area contributed by atoms with Crippen molar-refractivity contribution in [3.05, 3.63) is 64.7 Å². The number of carbonyl (C=O) groups is 2. The first-order valence-electron chi connectivity index (χ1n) is 8.65. The highest BCUT2D eigenvalue weighted by Crippen LogP contribution is 2.17. The van der Waals surface area contributed by atoms with E-state index < -0.39 is 0 Å². The number of ketones is 1. The summed E-state index contributed by atoms with van der Waals surface area (Å²) < 4.78 is 5.50. The molecule has 2 aromatic rings. The average molecular weight is 373 g/mol. The van der Waals surface area contributed by atoms with Crippen molar-refractivity contribution in [3.8, 4) is 5.75 Å². The number of ether oxygens (including phenoxy) is 1. The summed E-state index contributed by atoms with van der Waals surface area (Å²) in [5.74, 6) is 0.324. The SMILES string of the molecule is O=C(COc1ccc(C(=O)c2ccc(Cl)cc2)cc1)N[C@H]1CCCNC1. The first kappa shape index (κ1) is 18.4. The third-order valence-corrected chi connectivity index (χ3v) is 4.51. The average Bonchev–Trinajstić information content (AvgIpc) is 2.68. The van der Waals surface area contributed by atoms with Crippen LogP contribution in [0.1, 0.15) is 28.8 Å². The highest BCUT2D eigenvalue weighted by molar-refractivity contribution is 6.30. The number of hydrogen-bond donors (Lipinski definition) is 2. The fourth-order valence-electron chi connectivity index (χ4n) is 2.86. The monoisotopic (exact) mass is 372 g/mol. The predicted octanol–water partition coefficient (Wildman–Crippen LogP) is 2.82. The summed E-state index contributed by atoms with van der Waals surface area (Å²) in [6, 6.07) is 13.7. The quantitative estimate of drug-likeness (QED) is 0.765. The molecule has 2 N–H and O–H groups in total. The van der Waals surface area contributed by atoms with Gasteiger partial charge in [0.1, 0.15) is 5.75 Å². The number of nitrogens with one attached hydrogen (secondary N) is 2. The largest absolute Gasteiger partial charge is 0.484 e. The molecule has 1 atom stereocenters. The molecule has 0 aromatic heterocycles. The van der Waals surface area contributed by atoms with Crippen molar-refractivity contribution in [2.24, 2.45) is 0 Å². The van der Waals surface area contributed by atoms with Crippen molar-refractivity contribution in [2.75, 3.05) is 19.7 Å². The van der Waals surface area contributed by atoms with E-state index >= 15 is 0 Å². The number of rotatable bonds is 6. The summed E-state index contributed by atoms with van der Waals surface area (Å²) in [7, 11) is 0. The lowest BCUT2D eigenvalue weighted by molar-refractivity contribution is -0.123. The number of carbonyl (C=O) groups excluding carboxylic acids is 2. The molecule has 5 nitrogen and oxygen atoms in total. The number of hydrogen-bond acceptors (Lipinski definition) is 4. The van der Waals surface area contributed by atoms with Gasteiger partial charge in [0.25, 0.3) is 5.91 Å². The normalized spacial score (nSPS) is 16.7. The fraction of sp³-hybridized carbons (Fsp3) is 0.300. The van der Waals surface area contributed by atoms with Gasteiger partial charge in [-0.2, -0.15) is 0 Å². The molecule has 0 bridgehead atoms. The number of amides is 1. The van der Waals surface area contributed by atoms with Gasteiger partial charge in [0, 0.05) is 28.7 Å². The molecule has 1 heterocycles. The maximum atomic E-state index is 12.4. The smallest absolute Gasteiger partial charge is 0.258 e. The lowest BCUT2D eigenvalue weighted by atomic mass is 10.0. The standard InChI is InChI=1S/C20H21ClN2O3/c21-16-7-3-14(4-8-16)20(25)15-5-9-18(10-6-15)26-13-19(24)23-17-2-1-11-22-12-17/h3-10,17,22H,1-2,11-13H2,(H,23,24)/t17-/m0/s1. The Kier molecular flexibility index (Phi) is 6.26. The molecular weight excluding hydrogens is 352 g/mol. The zero-order valence-electron chi connectivity index (χ0n) is 14.3. The molecule has 0 saturated carbocycles. The Morgan fingerprint density at radius 1 is 1.08 bits per heavy atom. The van der Waals surface area contributed by atoms with E-state index in [-0.39, 0.29) is 24.3 Å². The van der Waals surface area contributed by atoms with Crippen LogP contribution < -0.4 is 15.4 Å². The van der Waals surface area contributed by atoms with Crippen LogP contribution in [0.3, 0.4) is 0 Å². The lowest BCUT2D eigenvalue weighted by Gasteiger charge is -2.23. The van der Waals surface area contributed by atoms with Gasteiger partial charge in [-0.25, -0.2) is 0 Å². The van der Waals surface area contributed by atoms with Gasteiger partial charge in [-0.05, 0) is 67.9 Å². The molecule has 1 amide bonds. The lowest BCUT2D eigenvalue weighted by Crippen LogP contribution is -2.46. The van der Waals surface area contributed by atoms with E-state index in [9.17, 15) is 9.59 Å². The molecule has 26 heavy (non-hydrogen) atoms. The second-order valence-corrected chi connectivity index (χ2v) is 6.70. The third kappa shape index (κ3) is 5.07. The van der Waals surface area contributed by atoms with E-state index in [1.54, 1.807) is 48.5 Å². The summed E-state index contributed by atoms with van der Waals surface area (Å²) in [6.07, 6.45) is 2.05. The molecule has 3 rings (SSSR count). The number of piperidine rings is 1. The molecule has 0 radical (unpaired) electrons. The highest BCUT2D eigenvalue weighted by Gasteiger charge is 2.15. The van der Waals surface area contributed by atoms with E-state index in [2.05, 4.69) is 10.6 Å². The minimum Gasteiger partial charge on any atom is -0.484 e. The van der Waals surface area contributed by atoms with Gasteiger partial charge in [0.05, 0.1) is 0 Å². The molecule has 6 heteroatoms. The Morgan fingerprint density at radius 2 is 1.73 bits per heavy atom. The maximum absolute atomic E-state index is 12.4. The molecule has 1 saturated heterocycles. The van der Waals surface area contributed by atoms with Crippen LogP contribution in [-0.2, 0) is 4.79 Å². The van der Waals surface area contributed by atoms with E-state index in [1.807, 2.05) is 0 Å². The van der Waals surface area contributed by atoms with Crippen molar-refractivity contribution >= 4 is 23.3 Å². The van der Waals surface area contributed by atoms with Crippen LogP contribution in [0.4, 0.5) is 0 Å². The van der Waals surface area contributed by atoms with Gasteiger partial charge in [-0.3, -0.25) is 9.59 Å². The molecule has 1 aliphatic rings. The molecule has 0 spiro atoms. The first-order chi connectivity index (χ1) is 12.6. The summed E-state index contributed by atoms with van der Waals surface area (Å²) in [5, 5.41) is 6.80. The van der Waals surface area contributed by atoms with Gasteiger partial charge >= 0.3 is 0 Å². The summed E-state index contributed by atoms with van der Waals surface area (Å²) in [6.45, 7) is 1.76. The van der Waals surface area contributed by atoms with Gasteiger partial charge < -0.3 is 15.4 Å². The van der Waals surface area contributed by atoms with Gasteiger partial charge in [-0.15, -0.1) is 0 Å². The fourth-order valence-corrected chi connectivity index (χ4v) is 2.99. The van der Waals surface area contributed by atoms with Crippen molar-refractivity contribution in [3.63, 3.8) is 0 Å². The van der Waals surface area contributed by atoms with Gasteiger partial charge in [0.2, 0.25) is 0 Å². The van der Waals surface area contributed by atoms with Gasteiger partial charge in [-0.1, -0.05) is 11.6 Å². The van der Waals surface area contributed by atoms with Crippen molar-refractivity contribution in [1.82, 2.24) is 10.6 Å². The van der Waals surface area contributed by atoms with Crippen LogP contribution in [0.2, 0.25) is 5.02 Å². The van der Waals surface area contributed by atoms with E-state index in [0.717, 1.165) is 25.9 Å². The van der Waals surface area contributed by atoms with Crippen molar-refractivity contribution < 1.29 is 14.3 Å². The van der Waals surface area contributed by atoms with Crippen LogP contribution in [0.15, 0.2) is 48.5 Å². The Hall–Kier alpha value is -2.37. The molecule has 1 fully saturated rings. The minimum atomic E-state index is -0.139. The zero-order chi connectivity index (χ0) is 18.4. The molecular formula is C20H21ClN2O3. The molecule has 2 aromatic carbocycles. The maximum Gasteiger partial charge on any atom is 0.258 e. The predicted molar refractivity (Wildman–Crippen MR) is 101 cm³/mol. The van der Waals surface area contributed by atoms with E-state index in [4.69, 9.17) is 16.3 Å². The van der Waals surface area contributed by atoms with Crippen LogP contribution in [-0.4, -0.2) is 37.4 Å². The van der Waals surface area contributed by atoms with Crippen molar-refractivity contribution in [1.29, 1.82) is 0 Å². The second kappa shape index (κ2) is 8.83. The molecule has 0 unspecified atom stereocenters. The minimum absolute atomic E-state index is 0.0407. The number of benzene rings is 2. The summed E-state index contributed by atoms with van der Waals surface area (Å²) in [5.41, 5.74) is 1.13. The third-order valence-electron chi connectivity index (χ3n) is 4.25. The Labute approximate surface area is 157 Å². The molecule has 136 valence electrons. The van der Waals surface area contributed by atoms with Crippen LogP contribution in [0, 0.1) is 0 Å². The Morgan fingerprint density at radius 3 is 2.35 bits per heavy atom. The van der Waals surface area contributed by atoms with Gasteiger partial charge in [0.15, 0.2) is 12.4 Å².